The molecule has 15 heavy (non-hydrogen) atoms. The number of hydrogen-bond donors (Lipinski definition) is 1. The Morgan fingerprint density at radius 2 is 2.40 bits per heavy atom. The standard InChI is InChI=1S/C10H12N2O3/c13-10(8-7-14-5-6-15-8)12-9-3-1-2-4-11-9/h1-4,8H,5-7H2,(H,11,12,13)/t8-/m1/s1. The first kappa shape index (κ1) is 10.1. The van der Waals surface area contributed by atoms with Crippen LogP contribution >= 0.6 is 0 Å². The number of carbonyl (C=O) groups is 1. The summed E-state index contributed by atoms with van der Waals surface area (Å²) in [5.41, 5.74) is 0. The first-order valence-electron chi connectivity index (χ1n) is 4.77. The summed E-state index contributed by atoms with van der Waals surface area (Å²) in [5, 5.41) is 2.66. The van der Waals surface area contributed by atoms with Gasteiger partial charge in [0.2, 0.25) is 0 Å². The smallest absolute Gasteiger partial charge is 0.257 e. The van der Waals surface area contributed by atoms with Gasteiger partial charge in [-0.15, -0.1) is 0 Å². The van der Waals surface area contributed by atoms with Crippen LogP contribution in [0.15, 0.2) is 24.4 Å². The molecule has 0 spiro atoms. The van der Waals surface area contributed by atoms with Gasteiger partial charge in [-0.2, -0.15) is 0 Å². The van der Waals surface area contributed by atoms with Crippen LogP contribution in [-0.2, 0) is 14.3 Å². The van der Waals surface area contributed by atoms with Gasteiger partial charge in [-0.1, -0.05) is 6.07 Å². The Hall–Kier alpha value is -1.46. The number of rotatable bonds is 2. The van der Waals surface area contributed by atoms with E-state index in [0.29, 0.717) is 25.6 Å². The molecule has 0 radical (unpaired) electrons. The third kappa shape index (κ3) is 2.74. The topological polar surface area (TPSA) is 60.5 Å². The molecule has 0 aliphatic carbocycles. The fourth-order valence-corrected chi connectivity index (χ4v) is 1.28. The molecule has 5 nitrogen and oxygen atoms in total. The van der Waals surface area contributed by atoms with Crippen LogP contribution in [-0.4, -0.2) is 36.8 Å². The number of hydrogen-bond acceptors (Lipinski definition) is 4. The highest BCUT2D eigenvalue weighted by Crippen LogP contribution is 2.05. The summed E-state index contributed by atoms with van der Waals surface area (Å²) in [6.07, 6.45) is 1.09. The zero-order valence-electron chi connectivity index (χ0n) is 8.18. The van der Waals surface area contributed by atoms with E-state index in [0.717, 1.165) is 0 Å². The van der Waals surface area contributed by atoms with Crippen LogP contribution in [0.3, 0.4) is 0 Å². The Labute approximate surface area is 87.4 Å². The quantitative estimate of drug-likeness (QED) is 0.765. The van der Waals surface area contributed by atoms with Gasteiger partial charge < -0.3 is 14.8 Å². The molecule has 0 bridgehead atoms. The van der Waals surface area contributed by atoms with Crippen LogP contribution in [0.1, 0.15) is 0 Å². The van der Waals surface area contributed by atoms with Gasteiger partial charge in [-0.25, -0.2) is 4.98 Å². The number of pyridine rings is 1. The van der Waals surface area contributed by atoms with Crippen LogP contribution in [0.4, 0.5) is 5.82 Å². The summed E-state index contributed by atoms with van der Waals surface area (Å²) >= 11 is 0. The first-order valence-corrected chi connectivity index (χ1v) is 4.77. The van der Waals surface area contributed by atoms with Gasteiger partial charge >= 0.3 is 0 Å². The molecule has 0 aromatic carbocycles. The molecule has 1 aromatic rings. The van der Waals surface area contributed by atoms with Gasteiger partial charge in [-0.3, -0.25) is 4.79 Å². The third-order valence-corrected chi connectivity index (χ3v) is 2.02. The van der Waals surface area contributed by atoms with Gasteiger partial charge in [-0.05, 0) is 12.1 Å². The number of nitrogens with zero attached hydrogens (tertiary/aromatic N) is 1. The van der Waals surface area contributed by atoms with Crippen molar-refractivity contribution >= 4 is 11.7 Å². The molecule has 2 rings (SSSR count). The van der Waals surface area contributed by atoms with Crippen LogP contribution in [0.25, 0.3) is 0 Å². The maximum atomic E-state index is 11.6. The number of amides is 1. The Kier molecular flexibility index (Phi) is 3.26. The molecule has 1 saturated heterocycles. The summed E-state index contributed by atoms with van der Waals surface area (Å²) in [5.74, 6) is 0.310. The Balaban J connectivity index is 1.91. The van der Waals surface area contributed by atoms with E-state index in [1.807, 2.05) is 0 Å². The molecule has 0 unspecified atom stereocenters. The molecular formula is C10H12N2O3. The predicted molar refractivity (Wildman–Crippen MR) is 53.4 cm³/mol. The highest BCUT2D eigenvalue weighted by molar-refractivity contribution is 5.93. The van der Waals surface area contributed by atoms with Gasteiger partial charge in [0.25, 0.3) is 5.91 Å². The van der Waals surface area contributed by atoms with Crippen molar-refractivity contribution in [2.75, 3.05) is 25.1 Å². The molecule has 1 fully saturated rings. The van der Waals surface area contributed by atoms with Crippen molar-refractivity contribution in [2.45, 2.75) is 6.10 Å². The van der Waals surface area contributed by atoms with Crippen molar-refractivity contribution in [3.05, 3.63) is 24.4 Å². The molecule has 2 heterocycles. The molecule has 1 N–H and O–H groups in total. The minimum absolute atomic E-state index is 0.214. The van der Waals surface area contributed by atoms with E-state index in [1.165, 1.54) is 0 Å². The second-order valence-electron chi connectivity index (χ2n) is 3.14. The minimum atomic E-state index is -0.527. The third-order valence-electron chi connectivity index (χ3n) is 2.02. The molecule has 1 aliphatic rings. The van der Waals surface area contributed by atoms with Crippen LogP contribution in [0, 0.1) is 0 Å². The lowest BCUT2D eigenvalue weighted by Crippen LogP contribution is -2.39. The maximum absolute atomic E-state index is 11.6. The molecule has 0 saturated carbocycles. The predicted octanol–water partition coefficient (Wildman–Crippen LogP) is 0.435. The molecule has 1 aliphatic heterocycles. The largest absolute Gasteiger partial charge is 0.376 e. The number of carbonyl (C=O) groups excluding carboxylic acids is 1. The summed E-state index contributed by atoms with van der Waals surface area (Å²) < 4.78 is 10.4. The monoisotopic (exact) mass is 208 g/mol. The summed E-state index contributed by atoms with van der Waals surface area (Å²) in [4.78, 5) is 15.6. The van der Waals surface area contributed by atoms with Gasteiger partial charge in [0, 0.05) is 6.20 Å². The lowest BCUT2D eigenvalue weighted by Gasteiger charge is -2.21. The fourth-order valence-electron chi connectivity index (χ4n) is 1.28. The van der Waals surface area contributed by atoms with E-state index >= 15 is 0 Å². The molecule has 1 amide bonds. The van der Waals surface area contributed by atoms with Crippen molar-refractivity contribution in [1.82, 2.24) is 4.98 Å². The lowest BCUT2D eigenvalue weighted by molar-refractivity contribution is -0.142. The average molecular weight is 208 g/mol. The highest BCUT2D eigenvalue weighted by atomic mass is 16.6. The minimum Gasteiger partial charge on any atom is -0.376 e. The number of ether oxygens (including phenoxy) is 2. The zero-order valence-corrected chi connectivity index (χ0v) is 8.18. The normalized spacial score (nSPS) is 20.9. The lowest BCUT2D eigenvalue weighted by atomic mass is 10.3. The second kappa shape index (κ2) is 4.86. The van der Waals surface area contributed by atoms with E-state index in [9.17, 15) is 4.79 Å². The van der Waals surface area contributed by atoms with Gasteiger partial charge in [0.05, 0.1) is 19.8 Å². The Bertz CT molecular complexity index is 323. The van der Waals surface area contributed by atoms with E-state index in [4.69, 9.17) is 9.47 Å². The van der Waals surface area contributed by atoms with Crippen molar-refractivity contribution in [1.29, 1.82) is 0 Å². The first-order chi connectivity index (χ1) is 7.36. The van der Waals surface area contributed by atoms with Crippen LogP contribution in [0.5, 0.6) is 0 Å². The molecular weight excluding hydrogens is 196 g/mol. The van der Waals surface area contributed by atoms with Crippen molar-refractivity contribution < 1.29 is 14.3 Å². The SMILES string of the molecule is O=C(Nc1ccccn1)[C@H]1COCCO1. The fraction of sp³-hybridized carbons (Fsp3) is 0.400. The summed E-state index contributed by atoms with van der Waals surface area (Å²) in [6, 6.07) is 5.32. The molecule has 5 heteroatoms. The summed E-state index contributed by atoms with van der Waals surface area (Å²) in [6.45, 7) is 1.31. The van der Waals surface area contributed by atoms with Crippen LogP contribution < -0.4 is 5.32 Å². The summed E-state index contributed by atoms with van der Waals surface area (Å²) in [7, 11) is 0. The van der Waals surface area contributed by atoms with Gasteiger partial charge in [0.15, 0.2) is 6.10 Å². The Morgan fingerprint density at radius 3 is 3.07 bits per heavy atom. The van der Waals surface area contributed by atoms with E-state index in [-0.39, 0.29) is 5.91 Å². The zero-order chi connectivity index (χ0) is 10.5. The highest BCUT2D eigenvalue weighted by Gasteiger charge is 2.22. The van der Waals surface area contributed by atoms with Crippen molar-refractivity contribution in [3.63, 3.8) is 0 Å². The Morgan fingerprint density at radius 1 is 1.47 bits per heavy atom. The van der Waals surface area contributed by atoms with Crippen LogP contribution in [0.2, 0.25) is 0 Å². The maximum Gasteiger partial charge on any atom is 0.257 e. The van der Waals surface area contributed by atoms with Crippen molar-refractivity contribution in [2.24, 2.45) is 0 Å². The number of aromatic nitrogens is 1. The molecule has 80 valence electrons. The average Bonchev–Trinajstić information content (AvgIpc) is 2.31. The van der Waals surface area contributed by atoms with Gasteiger partial charge in [0.1, 0.15) is 5.82 Å². The second-order valence-corrected chi connectivity index (χ2v) is 3.14. The number of anilines is 1. The van der Waals surface area contributed by atoms with Crippen molar-refractivity contribution in [3.8, 4) is 0 Å². The number of nitrogens with one attached hydrogen (secondary N) is 1. The molecule has 1 aromatic heterocycles. The van der Waals surface area contributed by atoms with E-state index in [1.54, 1.807) is 24.4 Å². The molecule has 1 atom stereocenters. The van der Waals surface area contributed by atoms with E-state index < -0.39 is 6.10 Å². The van der Waals surface area contributed by atoms with E-state index in [2.05, 4.69) is 10.3 Å².